The van der Waals surface area contributed by atoms with Gasteiger partial charge in [0.25, 0.3) is 5.69 Å². The molecule has 6 nitrogen and oxygen atoms in total. The van der Waals surface area contributed by atoms with Crippen molar-refractivity contribution in [1.29, 1.82) is 0 Å². The van der Waals surface area contributed by atoms with Crippen LogP contribution < -0.4 is 5.01 Å². The molecule has 0 bridgehead atoms. The number of non-ortho nitro benzene ring substituents is 1. The van der Waals surface area contributed by atoms with Gasteiger partial charge in [-0.2, -0.15) is 5.10 Å². The average Bonchev–Trinajstić information content (AvgIpc) is 3.34. The molecule has 0 N–H and O–H groups in total. The van der Waals surface area contributed by atoms with Crippen LogP contribution >= 0.6 is 0 Å². The standard InChI is InChI=1S/C28H21FN4O2/c29-23-13-11-21(12-14-23)28-18-27(31-32(28)25-7-2-1-3-8-25)22-5-4-6-24(17-22)30-19-20-9-15-26(16-10-20)33(34)35/h1-17,19,28H,18H2. The number of nitro benzene ring substituents is 1. The molecule has 0 aliphatic carbocycles. The molecule has 4 aromatic rings. The van der Waals surface area contributed by atoms with E-state index < -0.39 is 4.92 Å². The molecule has 4 aromatic carbocycles. The maximum Gasteiger partial charge on any atom is 0.269 e. The van der Waals surface area contributed by atoms with Crippen molar-refractivity contribution in [3.8, 4) is 0 Å². The predicted molar refractivity (Wildman–Crippen MR) is 136 cm³/mol. The normalized spacial score (nSPS) is 15.4. The number of anilines is 1. The molecular formula is C28H21FN4O2. The Kier molecular flexibility index (Phi) is 6.13. The van der Waals surface area contributed by atoms with Gasteiger partial charge in [-0.3, -0.25) is 20.1 Å². The van der Waals surface area contributed by atoms with Crippen molar-refractivity contribution in [2.24, 2.45) is 10.1 Å². The summed E-state index contributed by atoms with van der Waals surface area (Å²) in [6, 6.07) is 30.5. The maximum atomic E-state index is 13.5. The summed E-state index contributed by atoms with van der Waals surface area (Å²) in [6.07, 6.45) is 2.34. The first kappa shape index (κ1) is 22.2. The van der Waals surface area contributed by atoms with Crippen LogP contribution in [0.15, 0.2) is 113 Å². The first-order valence-corrected chi connectivity index (χ1v) is 11.1. The van der Waals surface area contributed by atoms with Crippen LogP contribution in [0.3, 0.4) is 0 Å². The highest BCUT2D eigenvalue weighted by molar-refractivity contribution is 6.04. The monoisotopic (exact) mass is 464 g/mol. The lowest BCUT2D eigenvalue weighted by atomic mass is 9.98. The van der Waals surface area contributed by atoms with Gasteiger partial charge in [0.05, 0.1) is 28.1 Å². The molecule has 0 amide bonds. The summed E-state index contributed by atoms with van der Waals surface area (Å²) >= 11 is 0. The van der Waals surface area contributed by atoms with Gasteiger partial charge < -0.3 is 0 Å². The van der Waals surface area contributed by atoms with E-state index in [1.165, 1.54) is 24.3 Å². The molecular weight excluding hydrogens is 443 g/mol. The van der Waals surface area contributed by atoms with Gasteiger partial charge in [-0.15, -0.1) is 0 Å². The van der Waals surface area contributed by atoms with E-state index in [9.17, 15) is 14.5 Å². The molecule has 172 valence electrons. The van der Waals surface area contributed by atoms with Crippen molar-refractivity contribution in [3.63, 3.8) is 0 Å². The molecule has 1 unspecified atom stereocenters. The van der Waals surface area contributed by atoms with E-state index in [4.69, 9.17) is 5.10 Å². The Morgan fingerprint density at radius 3 is 2.40 bits per heavy atom. The molecule has 5 rings (SSSR count). The Balaban J connectivity index is 1.42. The molecule has 35 heavy (non-hydrogen) atoms. The highest BCUT2D eigenvalue weighted by Crippen LogP contribution is 2.37. The van der Waals surface area contributed by atoms with Gasteiger partial charge in [0.2, 0.25) is 0 Å². The largest absolute Gasteiger partial charge is 0.269 e. The maximum absolute atomic E-state index is 13.5. The molecule has 0 aromatic heterocycles. The van der Waals surface area contributed by atoms with Gasteiger partial charge in [-0.1, -0.05) is 42.5 Å². The minimum atomic E-state index is -0.426. The summed E-state index contributed by atoms with van der Waals surface area (Å²) in [6.45, 7) is 0. The summed E-state index contributed by atoms with van der Waals surface area (Å²) in [5.74, 6) is -0.266. The van der Waals surface area contributed by atoms with Crippen LogP contribution in [0, 0.1) is 15.9 Å². The zero-order valence-corrected chi connectivity index (χ0v) is 18.7. The lowest BCUT2D eigenvalue weighted by molar-refractivity contribution is -0.384. The number of rotatable bonds is 6. The van der Waals surface area contributed by atoms with Crippen LogP contribution in [-0.2, 0) is 0 Å². The Hall–Kier alpha value is -4.65. The lowest BCUT2D eigenvalue weighted by Crippen LogP contribution is -2.18. The summed E-state index contributed by atoms with van der Waals surface area (Å²) < 4.78 is 13.5. The van der Waals surface area contributed by atoms with E-state index in [-0.39, 0.29) is 17.5 Å². The fraction of sp³-hybridized carbons (Fsp3) is 0.0714. The third-order valence-electron chi connectivity index (χ3n) is 5.83. The lowest BCUT2D eigenvalue weighted by Gasteiger charge is -2.23. The second-order valence-electron chi connectivity index (χ2n) is 8.16. The van der Waals surface area contributed by atoms with Crippen molar-refractivity contribution < 1.29 is 9.31 Å². The third kappa shape index (κ3) is 4.99. The molecule has 1 aliphatic rings. The number of benzene rings is 4. The summed E-state index contributed by atoms with van der Waals surface area (Å²) in [7, 11) is 0. The van der Waals surface area contributed by atoms with E-state index in [2.05, 4.69) is 4.99 Å². The predicted octanol–water partition coefficient (Wildman–Crippen LogP) is 6.84. The number of aliphatic imine (C=N–C) groups is 1. The van der Waals surface area contributed by atoms with E-state index >= 15 is 0 Å². The van der Waals surface area contributed by atoms with Crippen molar-refractivity contribution in [2.75, 3.05) is 5.01 Å². The molecule has 1 heterocycles. The number of hydrogen-bond acceptors (Lipinski definition) is 5. The number of hydrogen-bond donors (Lipinski definition) is 0. The minimum absolute atomic E-state index is 0.0436. The number of halogens is 1. The first-order valence-electron chi connectivity index (χ1n) is 11.1. The molecule has 1 aliphatic heterocycles. The Morgan fingerprint density at radius 2 is 1.69 bits per heavy atom. The van der Waals surface area contributed by atoms with Crippen molar-refractivity contribution in [2.45, 2.75) is 12.5 Å². The highest BCUT2D eigenvalue weighted by Gasteiger charge is 2.30. The van der Waals surface area contributed by atoms with E-state index in [0.29, 0.717) is 6.42 Å². The van der Waals surface area contributed by atoms with Crippen LogP contribution in [0.5, 0.6) is 0 Å². The molecule has 7 heteroatoms. The van der Waals surface area contributed by atoms with Gasteiger partial charge in [-0.25, -0.2) is 4.39 Å². The van der Waals surface area contributed by atoms with Crippen LogP contribution in [0.25, 0.3) is 0 Å². The van der Waals surface area contributed by atoms with Gasteiger partial charge in [0.15, 0.2) is 0 Å². The number of para-hydroxylation sites is 1. The van der Waals surface area contributed by atoms with Gasteiger partial charge in [-0.05, 0) is 65.2 Å². The molecule has 0 saturated carbocycles. The fourth-order valence-corrected chi connectivity index (χ4v) is 4.05. The Morgan fingerprint density at radius 1 is 0.943 bits per heavy atom. The summed E-state index contributed by atoms with van der Waals surface area (Å²) in [4.78, 5) is 15.0. The van der Waals surface area contributed by atoms with Gasteiger partial charge in [0.1, 0.15) is 5.82 Å². The van der Waals surface area contributed by atoms with Crippen LogP contribution in [0.2, 0.25) is 0 Å². The zero-order valence-electron chi connectivity index (χ0n) is 18.7. The van der Waals surface area contributed by atoms with Gasteiger partial charge in [0, 0.05) is 24.8 Å². The second-order valence-corrected chi connectivity index (χ2v) is 8.16. The number of hydrazone groups is 1. The SMILES string of the molecule is O=[N+]([O-])c1ccc(C=Nc2cccc(C3=NN(c4ccccc4)C(c4ccc(F)cc4)C3)c2)cc1. The smallest absolute Gasteiger partial charge is 0.258 e. The molecule has 0 radical (unpaired) electrons. The fourth-order valence-electron chi connectivity index (χ4n) is 4.05. The topological polar surface area (TPSA) is 71.1 Å². The van der Waals surface area contributed by atoms with Crippen LogP contribution in [-0.4, -0.2) is 16.8 Å². The van der Waals surface area contributed by atoms with Gasteiger partial charge >= 0.3 is 0 Å². The molecule has 0 saturated heterocycles. The zero-order chi connectivity index (χ0) is 24.2. The average molecular weight is 465 g/mol. The Labute approximate surface area is 201 Å². The van der Waals surface area contributed by atoms with E-state index in [1.807, 2.05) is 59.6 Å². The molecule has 1 atom stereocenters. The number of nitro groups is 1. The first-order chi connectivity index (χ1) is 17.1. The minimum Gasteiger partial charge on any atom is -0.258 e. The van der Waals surface area contributed by atoms with Crippen molar-refractivity contribution in [1.82, 2.24) is 0 Å². The molecule has 0 spiro atoms. The number of nitrogens with zero attached hydrogens (tertiary/aromatic N) is 4. The third-order valence-corrected chi connectivity index (χ3v) is 5.83. The van der Waals surface area contributed by atoms with Crippen LogP contribution in [0.4, 0.5) is 21.5 Å². The summed E-state index contributed by atoms with van der Waals surface area (Å²) in [5, 5.41) is 17.8. The van der Waals surface area contributed by atoms with Crippen LogP contribution in [0.1, 0.15) is 29.2 Å². The van der Waals surface area contributed by atoms with Crippen molar-refractivity contribution >= 4 is 29.0 Å². The van der Waals surface area contributed by atoms with E-state index in [1.54, 1.807) is 30.5 Å². The highest BCUT2D eigenvalue weighted by atomic mass is 19.1. The molecule has 0 fully saturated rings. The summed E-state index contributed by atoms with van der Waals surface area (Å²) in [5.41, 5.74) is 5.38. The van der Waals surface area contributed by atoms with Crippen molar-refractivity contribution in [3.05, 3.63) is 136 Å². The second kappa shape index (κ2) is 9.69. The Bertz CT molecular complexity index is 1400. The van der Waals surface area contributed by atoms with E-state index in [0.717, 1.165) is 33.8 Å². The quantitative estimate of drug-likeness (QED) is 0.178.